The molecule has 0 spiro atoms. The second-order valence-corrected chi connectivity index (χ2v) is 4.64. The van der Waals surface area contributed by atoms with E-state index >= 15 is 0 Å². The second-order valence-electron chi connectivity index (χ2n) is 2.20. The van der Waals surface area contributed by atoms with Gasteiger partial charge in [0.05, 0.1) is 4.16 Å². The molecule has 0 heterocycles. The van der Waals surface area contributed by atoms with E-state index in [1.54, 1.807) is 0 Å². The van der Waals surface area contributed by atoms with Gasteiger partial charge in [0.1, 0.15) is 0 Å². The Kier molecular flexibility index (Phi) is 6.59. The van der Waals surface area contributed by atoms with E-state index in [1.165, 1.54) is 5.57 Å². The number of aliphatic hydroxyl groups is 1. The normalized spacial score (nSPS) is 15.4. The third kappa shape index (κ3) is 6.65. The number of hydrogen-bond donors (Lipinski definition) is 2. The van der Waals surface area contributed by atoms with Gasteiger partial charge < -0.3 is 5.11 Å². The van der Waals surface area contributed by atoms with Crippen molar-refractivity contribution in [3.63, 3.8) is 0 Å². The molecule has 0 aromatic heterocycles. The number of halogens is 1. The zero-order valence-electron chi connectivity index (χ0n) is 6.05. The highest BCUT2D eigenvalue weighted by atomic mass is 79.9. The topological polar surface area (TPSA) is 20.2 Å². The van der Waals surface area contributed by atoms with E-state index in [1.807, 2.05) is 13.0 Å². The molecule has 0 saturated carbocycles. The maximum Gasteiger partial charge on any atom is 0.0607 e. The third-order valence-corrected chi connectivity index (χ3v) is 1.62. The van der Waals surface area contributed by atoms with Gasteiger partial charge >= 0.3 is 0 Å². The summed E-state index contributed by atoms with van der Waals surface area (Å²) in [7, 11) is 0. The molecule has 0 aromatic rings. The maximum absolute atomic E-state index is 8.47. The van der Waals surface area contributed by atoms with Crippen molar-refractivity contribution in [1.29, 1.82) is 0 Å². The van der Waals surface area contributed by atoms with Crippen molar-refractivity contribution in [2.75, 3.05) is 6.61 Å². The predicted molar refractivity (Wildman–Crippen MR) is 51.8 cm³/mol. The quantitative estimate of drug-likeness (QED) is 0.427. The zero-order chi connectivity index (χ0) is 7.98. The minimum absolute atomic E-state index is 0.233. The van der Waals surface area contributed by atoms with Crippen molar-refractivity contribution in [2.24, 2.45) is 0 Å². The number of thiol groups is 1. The summed E-state index contributed by atoms with van der Waals surface area (Å²) in [5.74, 6) is 0. The molecule has 0 aliphatic rings. The van der Waals surface area contributed by atoms with E-state index < -0.39 is 0 Å². The summed E-state index contributed by atoms with van der Waals surface area (Å²) in [4.78, 5) is 0. The molecular weight excluding hydrogens is 212 g/mol. The lowest BCUT2D eigenvalue weighted by atomic mass is 10.2. The summed E-state index contributed by atoms with van der Waals surface area (Å²) in [5, 5.41) is 8.47. The van der Waals surface area contributed by atoms with E-state index in [4.69, 9.17) is 5.11 Å². The van der Waals surface area contributed by atoms with Crippen LogP contribution in [0.2, 0.25) is 0 Å². The van der Waals surface area contributed by atoms with Crippen molar-refractivity contribution >= 4 is 28.6 Å². The SMILES string of the molecule is C/C(=C/CCO)C[C@@H](S)Br. The standard InChI is InChI=1S/C7H13BrOS/c1-6(3-2-4-9)5-7(8)10/h3,7,9-10H,2,4-5H2,1H3/b6-3-/t7-/m1/s1. The Hall–Kier alpha value is 0.530. The molecular formula is C7H13BrOS. The van der Waals surface area contributed by atoms with Gasteiger partial charge in [-0.3, -0.25) is 0 Å². The summed E-state index contributed by atoms with van der Waals surface area (Å²) in [6, 6.07) is 0. The molecule has 10 heavy (non-hydrogen) atoms. The number of rotatable bonds is 4. The van der Waals surface area contributed by atoms with Crippen LogP contribution in [0.25, 0.3) is 0 Å². The molecule has 1 N–H and O–H groups in total. The number of aliphatic hydroxyl groups excluding tert-OH is 1. The van der Waals surface area contributed by atoms with Crippen LogP contribution < -0.4 is 0 Å². The fourth-order valence-electron chi connectivity index (χ4n) is 0.660. The van der Waals surface area contributed by atoms with E-state index in [9.17, 15) is 0 Å². The first-order chi connectivity index (χ1) is 4.66. The molecule has 0 unspecified atom stereocenters. The molecule has 60 valence electrons. The zero-order valence-corrected chi connectivity index (χ0v) is 8.53. The Morgan fingerprint density at radius 3 is 2.80 bits per heavy atom. The second kappa shape index (κ2) is 6.25. The van der Waals surface area contributed by atoms with Crippen LogP contribution in [-0.2, 0) is 0 Å². The average Bonchev–Trinajstić information content (AvgIpc) is 1.82. The van der Waals surface area contributed by atoms with Crippen LogP contribution in [0, 0.1) is 0 Å². The summed E-state index contributed by atoms with van der Waals surface area (Å²) >= 11 is 7.50. The lowest BCUT2D eigenvalue weighted by Gasteiger charge is -2.01. The van der Waals surface area contributed by atoms with Crippen LogP contribution in [0.3, 0.4) is 0 Å². The molecule has 0 aliphatic heterocycles. The van der Waals surface area contributed by atoms with Gasteiger partial charge in [0.2, 0.25) is 0 Å². The van der Waals surface area contributed by atoms with Crippen molar-refractivity contribution in [3.05, 3.63) is 11.6 Å². The molecule has 0 fully saturated rings. The first kappa shape index (κ1) is 10.5. The van der Waals surface area contributed by atoms with Gasteiger partial charge in [0.25, 0.3) is 0 Å². The highest BCUT2D eigenvalue weighted by Gasteiger charge is 1.96. The van der Waals surface area contributed by atoms with Crippen LogP contribution in [0.5, 0.6) is 0 Å². The van der Waals surface area contributed by atoms with Crippen LogP contribution in [-0.4, -0.2) is 15.9 Å². The minimum Gasteiger partial charge on any atom is -0.396 e. The highest BCUT2D eigenvalue weighted by Crippen LogP contribution is 2.15. The Balaban J connectivity index is 3.49. The summed E-state index contributed by atoms with van der Waals surface area (Å²) in [6.45, 7) is 2.27. The molecule has 0 rings (SSSR count). The first-order valence-corrected chi connectivity index (χ1v) is 4.68. The van der Waals surface area contributed by atoms with E-state index in [2.05, 4.69) is 28.6 Å². The van der Waals surface area contributed by atoms with Gasteiger partial charge in [-0.25, -0.2) is 0 Å². The van der Waals surface area contributed by atoms with Crippen LogP contribution in [0.15, 0.2) is 11.6 Å². The van der Waals surface area contributed by atoms with E-state index in [-0.39, 0.29) is 10.8 Å². The molecule has 1 nitrogen and oxygen atoms in total. The Morgan fingerprint density at radius 2 is 2.40 bits per heavy atom. The fourth-order valence-corrected chi connectivity index (χ4v) is 1.46. The van der Waals surface area contributed by atoms with Gasteiger partial charge in [-0.1, -0.05) is 27.6 Å². The predicted octanol–water partition coefficient (Wildman–Crippen LogP) is 2.36. The summed E-state index contributed by atoms with van der Waals surface area (Å²) in [5.41, 5.74) is 1.27. The molecule has 1 atom stereocenters. The van der Waals surface area contributed by atoms with Gasteiger partial charge in [0.15, 0.2) is 0 Å². The van der Waals surface area contributed by atoms with Crippen molar-refractivity contribution in [2.45, 2.75) is 23.9 Å². The van der Waals surface area contributed by atoms with Crippen LogP contribution in [0.1, 0.15) is 19.8 Å². The lowest BCUT2D eigenvalue weighted by molar-refractivity contribution is 0.302. The van der Waals surface area contributed by atoms with E-state index in [0.29, 0.717) is 0 Å². The Bertz CT molecular complexity index is 112. The van der Waals surface area contributed by atoms with E-state index in [0.717, 1.165) is 12.8 Å². The Morgan fingerprint density at radius 1 is 1.80 bits per heavy atom. The van der Waals surface area contributed by atoms with Gasteiger partial charge in [-0.2, -0.15) is 12.6 Å². The Labute approximate surface area is 76.1 Å². The number of hydrogen-bond acceptors (Lipinski definition) is 2. The molecule has 0 bridgehead atoms. The molecule has 0 saturated heterocycles. The highest BCUT2D eigenvalue weighted by molar-refractivity contribution is 9.11. The monoisotopic (exact) mass is 224 g/mol. The number of allylic oxidation sites excluding steroid dienone is 1. The third-order valence-electron chi connectivity index (χ3n) is 1.11. The number of alkyl halides is 1. The molecule has 0 aliphatic carbocycles. The van der Waals surface area contributed by atoms with Crippen LogP contribution >= 0.6 is 28.6 Å². The smallest absolute Gasteiger partial charge is 0.0607 e. The largest absolute Gasteiger partial charge is 0.396 e. The lowest BCUT2D eigenvalue weighted by Crippen LogP contribution is -1.88. The van der Waals surface area contributed by atoms with Crippen LogP contribution in [0.4, 0.5) is 0 Å². The summed E-state index contributed by atoms with van der Waals surface area (Å²) < 4.78 is 0.238. The van der Waals surface area contributed by atoms with Gasteiger partial charge in [-0.15, -0.1) is 0 Å². The maximum atomic E-state index is 8.47. The van der Waals surface area contributed by atoms with Crippen molar-refractivity contribution in [3.8, 4) is 0 Å². The minimum atomic E-state index is 0.233. The van der Waals surface area contributed by atoms with Gasteiger partial charge in [-0.05, 0) is 19.8 Å². The van der Waals surface area contributed by atoms with Crippen molar-refractivity contribution < 1.29 is 5.11 Å². The first-order valence-electron chi connectivity index (χ1n) is 3.25. The molecule has 0 aromatic carbocycles. The summed E-state index contributed by atoms with van der Waals surface area (Å²) in [6.07, 6.45) is 3.72. The average molecular weight is 225 g/mol. The molecule has 3 heteroatoms. The van der Waals surface area contributed by atoms with Gasteiger partial charge in [0, 0.05) is 6.61 Å². The fraction of sp³-hybridized carbons (Fsp3) is 0.714. The molecule has 0 radical (unpaired) electrons. The molecule has 0 amide bonds. The van der Waals surface area contributed by atoms with Crippen molar-refractivity contribution in [1.82, 2.24) is 0 Å².